The number of carbonyl (C=O) groups is 1. The Hall–Kier alpha value is -2.20. The third kappa shape index (κ3) is 6.13. The summed E-state index contributed by atoms with van der Waals surface area (Å²) in [4.78, 5) is 11.3. The average molecular weight is 348 g/mol. The summed E-state index contributed by atoms with van der Waals surface area (Å²) >= 11 is 5.84. The molecule has 1 atom stereocenters. The zero-order valence-electron chi connectivity index (χ0n) is 13.7. The van der Waals surface area contributed by atoms with E-state index in [4.69, 9.17) is 16.3 Å². The number of unbranched alkanes of at least 4 members (excludes halogenated alkanes) is 1. The largest absolute Gasteiger partial charge is 0.479 e. The maximum atomic E-state index is 11.3. The normalized spacial score (nSPS) is 11.8. The molecule has 0 aliphatic carbocycles. The molecule has 0 aromatic heterocycles. The molecule has 0 aliphatic heterocycles. The van der Waals surface area contributed by atoms with Crippen LogP contribution in [0.2, 0.25) is 5.02 Å². The van der Waals surface area contributed by atoms with Gasteiger partial charge in [-0.1, -0.05) is 29.3 Å². The molecule has 5 heteroatoms. The molecule has 0 saturated carbocycles. The van der Waals surface area contributed by atoms with Crippen molar-refractivity contribution in [2.75, 3.05) is 11.9 Å². The van der Waals surface area contributed by atoms with Crippen molar-refractivity contribution in [3.05, 3.63) is 59.1 Å². The highest BCUT2D eigenvalue weighted by atomic mass is 35.5. The number of ether oxygens (including phenoxy) is 1. The van der Waals surface area contributed by atoms with Crippen LogP contribution in [0, 0.1) is 6.92 Å². The van der Waals surface area contributed by atoms with E-state index in [0.717, 1.165) is 30.6 Å². The van der Waals surface area contributed by atoms with Gasteiger partial charge >= 0.3 is 5.97 Å². The van der Waals surface area contributed by atoms with E-state index in [1.54, 1.807) is 12.1 Å². The fraction of sp³-hybridized carbons (Fsp3) is 0.316. The van der Waals surface area contributed by atoms with Crippen LogP contribution in [-0.4, -0.2) is 23.7 Å². The molecule has 0 aliphatic rings. The van der Waals surface area contributed by atoms with Crippen molar-refractivity contribution in [1.29, 1.82) is 0 Å². The van der Waals surface area contributed by atoms with Crippen molar-refractivity contribution in [2.45, 2.75) is 32.3 Å². The van der Waals surface area contributed by atoms with Gasteiger partial charge in [-0.25, -0.2) is 4.79 Å². The Kier molecular flexibility index (Phi) is 6.94. The van der Waals surface area contributed by atoms with Gasteiger partial charge in [-0.3, -0.25) is 0 Å². The van der Waals surface area contributed by atoms with Crippen LogP contribution in [0.5, 0.6) is 5.75 Å². The van der Waals surface area contributed by atoms with E-state index in [1.165, 1.54) is 0 Å². The summed E-state index contributed by atoms with van der Waals surface area (Å²) in [5.74, 6) is -0.339. The second-order valence-corrected chi connectivity index (χ2v) is 6.12. The highest BCUT2D eigenvalue weighted by Gasteiger charge is 2.18. The van der Waals surface area contributed by atoms with E-state index in [-0.39, 0.29) is 0 Å². The topological polar surface area (TPSA) is 58.6 Å². The lowest BCUT2D eigenvalue weighted by Gasteiger charge is -2.15. The lowest BCUT2D eigenvalue weighted by atomic mass is 10.1. The Balaban J connectivity index is 1.72. The Morgan fingerprint density at radius 3 is 2.42 bits per heavy atom. The number of carboxylic acid groups (broad SMARTS) is 1. The van der Waals surface area contributed by atoms with Gasteiger partial charge in [0.15, 0.2) is 6.10 Å². The van der Waals surface area contributed by atoms with Gasteiger partial charge in [-0.05, 0) is 62.6 Å². The van der Waals surface area contributed by atoms with Crippen LogP contribution in [0.3, 0.4) is 0 Å². The van der Waals surface area contributed by atoms with Crippen LogP contribution in [0.25, 0.3) is 0 Å². The van der Waals surface area contributed by atoms with E-state index in [0.29, 0.717) is 17.2 Å². The van der Waals surface area contributed by atoms with Crippen LogP contribution < -0.4 is 10.1 Å². The molecule has 0 bridgehead atoms. The fourth-order valence-corrected chi connectivity index (χ4v) is 2.40. The zero-order chi connectivity index (χ0) is 17.4. The molecule has 1 unspecified atom stereocenters. The van der Waals surface area contributed by atoms with Gasteiger partial charge in [0, 0.05) is 17.3 Å². The van der Waals surface area contributed by atoms with Gasteiger partial charge in [-0.15, -0.1) is 0 Å². The minimum absolute atomic E-state index is 0.478. The van der Waals surface area contributed by atoms with Gasteiger partial charge in [0.05, 0.1) is 0 Å². The van der Waals surface area contributed by atoms with Crippen LogP contribution in [0.15, 0.2) is 48.5 Å². The molecule has 0 radical (unpaired) electrons. The number of halogens is 1. The molecule has 0 spiro atoms. The molecule has 2 N–H and O–H groups in total. The van der Waals surface area contributed by atoms with Crippen molar-refractivity contribution >= 4 is 23.3 Å². The van der Waals surface area contributed by atoms with Gasteiger partial charge in [0.2, 0.25) is 0 Å². The zero-order valence-corrected chi connectivity index (χ0v) is 14.4. The number of rotatable bonds is 9. The van der Waals surface area contributed by atoms with Gasteiger partial charge in [0.1, 0.15) is 5.75 Å². The van der Waals surface area contributed by atoms with Crippen molar-refractivity contribution in [3.63, 3.8) is 0 Å². The van der Waals surface area contributed by atoms with E-state index >= 15 is 0 Å². The average Bonchev–Trinajstić information content (AvgIpc) is 2.57. The highest BCUT2D eigenvalue weighted by molar-refractivity contribution is 6.30. The Morgan fingerprint density at radius 2 is 1.79 bits per heavy atom. The molecule has 0 fully saturated rings. The molecule has 0 heterocycles. The van der Waals surface area contributed by atoms with Crippen molar-refractivity contribution < 1.29 is 14.6 Å². The fourth-order valence-electron chi connectivity index (χ4n) is 2.27. The molecule has 2 aromatic rings. The lowest BCUT2D eigenvalue weighted by molar-refractivity contribution is -0.145. The first-order valence-corrected chi connectivity index (χ1v) is 8.38. The first-order chi connectivity index (χ1) is 11.5. The van der Waals surface area contributed by atoms with Crippen molar-refractivity contribution in [2.24, 2.45) is 0 Å². The molecule has 4 nitrogen and oxygen atoms in total. The smallest absolute Gasteiger partial charge is 0.344 e. The minimum Gasteiger partial charge on any atom is -0.479 e. The second kappa shape index (κ2) is 9.18. The SMILES string of the molecule is Cc1ccc(OC(CCCCNc2ccc(Cl)cc2)C(=O)O)cc1. The highest BCUT2D eigenvalue weighted by Crippen LogP contribution is 2.17. The number of hydrogen-bond acceptors (Lipinski definition) is 3. The summed E-state index contributed by atoms with van der Waals surface area (Å²) in [6, 6.07) is 14.9. The third-order valence-electron chi connectivity index (χ3n) is 3.64. The van der Waals surface area contributed by atoms with Gasteiger partial charge in [0.25, 0.3) is 0 Å². The quantitative estimate of drug-likeness (QED) is 0.642. The lowest BCUT2D eigenvalue weighted by Crippen LogP contribution is -2.27. The van der Waals surface area contributed by atoms with E-state index in [2.05, 4.69) is 5.32 Å². The molecule has 0 amide bonds. The van der Waals surface area contributed by atoms with Crippen LogP contribution in [0.1, 0.15) is 24.8 Å². The van der Waals surface area contributed by atoms with E-state index in [1.807, 2.05) is 43.3 Å². The maximum absolute atomic E-state index is 11.3. The standard InChI is InChI=1S/C19H22ClNO3/c1-14-5-11-17(12-6-14)24-18(19(22)23)4-2-3-13-21-16-9-7-15(20)8-10-16/h5-12,18,21H,2-4,13H2,1H3,(H,22,23). The first-order valence-electron chi connectivity index (χ1n) is 8.00. The number of nitrogens with one attached hydrogen (secondary N) is 1. The summed E-state index contributed by atoms with van der Waals surface area (Å²) in [5, 5.41) is 13.3. The number of aliphatic carboxylic acids is 1. The summed E-state index contributed by atoms with van der Waals surface area (Å²) in [6.07, 6.45) is 1.29. The van der Waals surface area contributed by atoms with Gasteiger partial charge in [-0.2, -0.15) is 0 Å². The summed E-state index contributed by atoms with van der Waals surface area (Å²) in [6.45, 7) is 2.75. The number of aryl methyl sites for hydroxylation is 1. The van der Waals surface area contributed by atoms with Gasteiger partial charge < -0.3 is 15.2 Å². The number of hydrogen-bond donors (Lipinski definition) is 2. The molecule has 2 rings (SSSR count). The third-order valence-corrected chi connectivity index (χ3v) is 3.89. The predicted octanol–water partition coefficient (Wildman–Crippen LogP) is 4.76. The van der Waals surface area contributed by atoms with E-state index in [9.17, 15) is 9.90 Å². The maximum Gasteiger partial charge on any atom is 0.344 e. The Labute approximate surface area is 147 Å². The monoisotopic (exact) mass is 347 g/mol. The Bertz CT molecular complexity index is 641. The van der Waals surface area contributed by atoms with Crippen LogP contribution >= 0.6 is 11.6 Å². The minimum atomic E-state index is -0.929. The summed E-state index contributed by atoms with van der Waals surface area (Å²) in [5.41, 5.74) is 2.12. The summed E-state index contributed by atoms with van der Waals surface area (Å²) < 4.78 is 5.57. The van der Waals surface area contributed by atoms with Crippen LogP contribution in [0.4, 0.5) is 5.69 Å². The number of carboxylic acids is 1. The molecular formula is C19H22ClNO3. The summed E-state index contributed by atoms with van der Waals surface area (Å²) in [7, 11) is 0. The van der Waals surface area contributed by atoms with Crippen LogP contribution in [-0.2, 0) is 4.79 Å². The molecular weight excluding hydrogens is 326 g/mol. The van der Waals surface area contributed by atoms with Crippen molar-refractivity contribution in [1.82, 2.24) is 0 Å². The molecule has 0 saturated heterocycles. The number of anilines is 1. The Morgan fingerprint density at radius 1 is 1.12 bits per heavy atom. The second-order valence-electron chi connectivity index (χ2n) is 5.69. The molecule has 128 valence electrons. The predicted molar refractivity (Wildman–Crippen MR) is 97.0 cm³/mol. The number of benzene rings is 2. The van der Waals surface area contributed by atoms with Crippen molar-refractivity contribution in [3.8, 4) is 5.75 Å². The molecule has 24 heavy (non-hydrogen) atoms. The molecule has 2 aromatic carbocycles. The first kappa shape index (κ1) is 18.1. The van der Waals surface area contributed by atoms with E-state index < -0.39 is 12.1 Å².